The van der Waals surface area contributed by atoms with Crippen LogP contribution in [0.4, 0.5) is 4.39 Å². The second kappa shape index (κ2) is 6.71. The van der Waals surface area contributed by atoms with E-state index in [0.29, 0.717) is 11.3 Å². The molecule has 92 valence electrons. The maximum absolute atomic E-state index is 13.6. The zero-order valence-corrected chi connectivity index (χ0v) is 10.7. The lowest BCUT2D eigenvalue weighted by atomic mass is 9.93. The molecule has 0 saturated heterocycles. The van der Waals surface area contributed by atoms with Crippen molar-refractivity contribution in [2.45, 2.75) is 26.3 Å². The second-order valence-corrected chi connectivity index (χ2v) is 3.80. The molecule has 0 heterocycles. The summed E-state index contributed by atoms with van der Waals surface area (Å²) in [6.07, 6.45) is 0.937. The first-order valence-corrected chi connectivity index (χ1v) is 5.19. The molecule has 4 heteroatoms. The Morgan fingerprint density at radius 3 is 2.50 bits per heavy atom. The Balaban J connectivity index is 0.00000225. The molecule has 1 aromatic rings. The van der Waals surface area contributed by atoms with Crippen molar-refractivity contribution in [3.05, 3.63) is 29.6 Å². The van der Waals surface area contributed by atoms with Gasteiger partial charge in [-0.05, 0) is 12.0 Å². The lowest BCUT2D eigenvalue weighted by Crippen LogP contribution is -2.19. The highest BCUT2D eigenvalue weighted by atomic mass is 35.5. The van der Waals surface area contributed by atoms with Crippen LogP contribution < -0.4 is 10.5 Å². The highest BCUT2D eigenvalue weighted by Crippen LogP contribution is 2.26. The summed E-state index contributed by atoms with van der Waals surface area (Å²) in [5, 5.41) is 0. The van der Waals surface area contributed by atoms with Crippen molar-refractivity contribution in [3.63, 3.8) is 0 Å². The van der Waals surface area contributed by atoms with Gasteiger partial charge in [0.2, 0.25) is 0 Å². The van der Waals surface area contributed by atoms with Crippen LogP contribution >= 0.6 is 12.4 Å². The van der Waals surface area contributed by atoms with E-state index in [1.54, 1.807) is 12.1 Å². The minimum absolute atomic E-state index is 0. The van der Waals surface area contributed by atoms with Crippen LogP contribution in [0.25, 0.3) is 0 Å². The van der Waals surface area contributed by atoms with Gasteiger partial charge in [0.15, 0.2) is 0 Å². The number of halogens is 2. The summed E-state index contributed by atoms with van der Waals surface area (Å²) in [7, 11) is 1.52. The number of methoxy groups -OCH3 is 1. The summed E-state index contributed by atoms with van der Waals surface area (Å²) in [5.41, 5.74) is 6.52. The lowest BCUT2D eigenvalue weighted by Gasteiger charge is -2.19. The van der Waals surface area contributed by atoms with Crippen molar-refractivity contribution >= 4 is 12.4 Å². The molecular weight excluding hydrogens is 229 g/mol. The summed E-state index contributed by atoms with van der Waals surface area (Å²) < 4.78 is 18.6. The zero-order valence-electron chi connectivity index (χ0n) is 9.87. The molecule has 0 radical (unpaired) electrons. The lowest BCUT2D eigenvalue weighted by molar-refractivity contribution is 0.405. The maximum atomic E-state index is 13.6. The van der Waals surface area contributed by atoms with Gasteiger partial charge >= 0.3 is 0 Å². The van der Waals surface area contributed by atoms with Crippen LogP contribution in [0.5, 0.6) is 5.75 Å². The van der Waals surface area contributed by atoms with Crippen molar-refractivity contribution in [2.24, 2.45) is 11.7 Å². The molecule has 0 aliphatic carbocycles. The average molecular weight is 248 g/mol. The molecule has 0 saturated carbocycles. The standard InChI is InChI=1S/C12H18FNO.ClH/c1-4-8(2)12(14)10-6-5-9(15-3)7-11(10)13;/h5-8,12H,4,14H2,1-3H3;1H/t8?,12-;/m1./s1. The van der Waals surface area contributed by atoms with Crippen LogP contribution in [0.3, 0.4) is 0 Å². The second-order valence-electron chi connectivity index (χ2n) is 3.80. The predicted octanol–water partition coefficient (Wildman–Crippen LogP) is 3.30. The Bertz CT molecular complexity index is 333. The molecule has 2 nitrogen and oxygen atoms in total. The normalized spacial score (nSPS) is 13.8. The summed E-state index contributed by atoms with van der Waals surface area (Å²) in [6, 6.07) is 4.56. The zero-order chi connectivity index (χ0) is 11.4. The first-order valence-electron chi connectivity index (χ1n) is 5.19. The van der Waals surface area contributed by atoms with E-state index in [2.05, 4.69) is 0 Å². The Kier molecular flexibility index (Phi) is 6.38. The maximum Gasteiger partial charge on any atom is 0.131 e. The molecule has 16 heavy (non-hydrogen) atoms. The molecule has 0 spiro atoms. The molecule has 2 atom stereocenters. The van der Waals surface area contributed by atoms with Crippen LogP contribution in [0.15, 0.2) is 18.2 Å². The van der Waals surface area contributed by atoms with E-state index in [4.69, 9.17) is 10.5 Å². The van der Waals surface area contributed by atoms with Gasteiger partial charge in [-0.15, -0.1) is 12.4 Å². The van der Waals surface area contributed by atoms with Crippen molar-refractivity contribution < 1.29 is 9.13 Å². The summed E-state index contributed by atoms with van der Waals surface area (Å²) >= 11 is 0. The van der Waals surface area contributed by atoms with Gasteiger partial charge in [-0.25, -0.2) is 4.39 Å². The number of ether oxygens (including phenoxy) is 1. The van der Waals surface area contributed by atoms with Crippen molar-refractivity contribution in [1.29, 1.82) is 0 Å². The molecule has 1 aromatic carbocycles. The molecule has 0 aliphatic heterocycles. The van der Waals surface area contributed by atoms with Gasteiger partial charge in [-0.1, -0.05) is 26.3 Å². The van der Waals surface area contributed by atoms with Gasteiger partial charge in [0.05, 0.1) is 7.11 Å². The highest BCUT2D eigenvalue weighted by Gasteiger charge is 2.17. The summed E-state index contributed by atoms with van der Waals surface area (Å²) in [4.78, 5) is 0. The Hall–Kier alpha value is -0.800. The molecular formula is C12H19ClFNO. The fraction of sp³-hybridized carbons (Fsp3) is 0.500. The SMILES string of the molecule is CCC(C)[C@@H](N)c1ccc(OC)cc1F.Cl. The largest absolute Gasteiger partial charge is 0.497 e. The van der Waals surface area contributed by atoms with Crippen molar-refractivity contribution in [2.75, 3.05) is 7.11 Å². The molecule has 1 rings (SSSR count). The smallest absolute Gasteiger partial charge is 0.131 e. The van der Waals surface area contributed by atoms with E-state index in [1.165, 1.54) is 13.2 Å². The van der Waals surface area contributed by atoms with E-state index in [9.17, 15) is 4.39 Å². The highest BCUT2D eigenvalue weighted by molar-refractivity contribution is 5.85. The van der Waals surface area contributed by atoms with E-state index < -0.39 is 0 Å². The molecule has 2 N–H and O–H groups in total. The molecule has 0 aliphatic rings. The van der Waals surface area contributed by atoms with Crippen LogP contribution in [0, 0.1) is 11.7 Å². The first kappa shape index (κ1) is 15.2. The fourth-order valence-electron chi connectivity index (χ4n) is 1.47. The van der Waals surface area contributed by atoms with Gasteiger partial charge in [0.25, 0.3) is 0 Å². The fourth-order valence-corrected chi connectivity index (χ4v) is 1.47. The van der Waals surface area contributed by atoms with Crippen LogP contribution in [-0.2, 0) is 0 Å². The monoisotopic (exact) mass is 247 g/mol. The number of hydrogen-bond acceptors (Lipinski definition) is 2. The van der Waals surface area contributed by atoms with Gasteiger partial charge in [-0.3, -0.25) is 0 Å². The minimum atomic E-state index is -0.290. The average Bonchev–Trinajstić information content (AvgIpc) is 2.26. The van der Waals surface area contributed by atoms with Gasteiger partial charge in [-0.2, -0.15) is 0 Å². The minimum Gasteiger partial charge on any atom is -0.497 e. The topological polar surface area (TPSA) is 35.2 Å². The van der Waals surface area contributed by atoms with Crippen LogP contribution in [0.1, 0.15) is 31.9 Å². The third-order valence-corrected chi connectivity index (χ3v) is 2.82. The molecule has 0 aromatic heterocycles. The van der Waals surface area contributed by atoms with Crippen molar-refractivity contribution in [1.82, 2.24) is 0 Å². The van der Waals surface area contributed by atoms with E-state index in [1.807, 2.05) is 13.8 Å². The van der Waals surface area contributed by atoms with Gasteiger partial charge in [0, 0.05) is 17.7 Å². The number of hydrogen-bond donors (Lipinski definition) is 1. The number of nitrogens with two attached hydrogens (primary N) is 1. The van der Waals surface area contributed by atoms with Crippen LogP contribution in [0.2, 0.25) is 0 Å². The van der Waals surface area contributed by atoms with Crippen LogP contribution in [-0.4, -0.2) is 7.11 Å². The summed E-state index contributed by atoms with van der Waals surface area (Å²) in [6.45, 7) is 4.07. The Labute approximate surface area is 102 Å². The number of rotatable bonds is 4. The molecule has 0 bridgehead atoms. The molecule has 0 fully saturated rings. The van der Waals surface area contributed by atoms with Gasteiger partial charge < -0.3 is 10.5 Å². The molecule has 0 amide bonds. The first-order chi connectivity index (χ1) is 7.10. The van der Waals surface area contributed by atoms with E-state index >= 15 is 0 Å². The van der Waals surface area contributed by atoms with E-state index in [0.717, 1.165) is 6.42 Å². The third-order valence-electron chi connectivity index (χ3n) is 2.82. The Morgan fingerprint density at radius 2 is 2.06 bits per heavy atom. The van der Waals surface area contributed by atoms with E-state index in [-0.39, 0.29) is 30.2 Å². The predicted molar refractivity (Wildman–Crippen MR) is 66.6 cm³/mol. The quantitative estimate of drug-likeness (QED) is 0.886. The molecule has 1 unspecified atom stereocenters. The van der Waals surface area contributed by atoms with Gasteiger partial charge in [0.1, 0.15) is 11.6 Å². The number of benzene rings is 1. The summed E-state index contributed by atoms with van der Waals surface area (Å²) in [5.74, 6) is 0.502. The Morgan fingerprint density at radius 1 is 1.44 bits per heavy atom. The third kappa shape index (κ3) is 3.35. The van der Waals surface area contributed by atoms with Crippen molar-refractivity contribution in [3.8, 4) is 5.75 Å².